The summed E-state index contributed by atoms with van der Waals surface area (Å²) in [6, 6.07) is 8.46. The lowest BCUT2D eigenvalue weighted by molar-refractivity contribution is 0.184. The molecule has 0 amide bonds. The highest BCUT2D eigenvalue weighted by molar-refractivity contribution is 5.26. The number of benzene rings is 1. The minimum absolute atomic E-state index is 0.403. The molecule has 2 nitrogen and oxygen atoms in total. The molecule has 0 atom stereocenters. The van der Waals surface area contributed by atoms with Crippen molar-refractivity contribution in [2.45, 2.75) is 38.5 Å². The lowest BCUT2D eigenvalue weighted by Crippen LogP contribution is -2.27. The van der Waals surface area contributed by atoms with Gasteiger partial charge in [-0.3, -0.25) is 0 Å². The molecule has 1 aliphatic carbocycles. The second-order valence-electron chi connectivity index (χ2n) is 4.62. The number of rotatable bonds is 5. The van der Waals surface area contributed by atoms with E-state index < -0.39 is 0 Å². The molecular weight excluding hydrogens is 186 g/mol. The van der Waals surface area contributed by atoms with Crippen LogP contribution in [-0.4, -0.2) is 12.6 Å². The van der Waals surface area contributed by atoms with E-state index >= 15 is 0 Å². The number of hydrogen-bond donors (Lipinski definition) is 1. The average Bonchev–Trinajstić information content (AvgIpc) is 2.97. The van der Waals surface area contributed by atoms with Gasteiger partial charge in [0.05, 0.1) is 6.61 Å². The number of nitrogens with one attached hydrogen (secondary N) is 1. The van der Waals surface area contributed by atoms with Crippen molar-refractivity contribution in [1.29, 1.82) is 0 Å². The predicted molar refractivity (Wildman–Crippen MR) is 61.6 cm³/mol. The summed E-state index contributed by atoms with van der Waals surface area (Å²) < 4.78 is 5.19. The van der Waals surface area contributed by atoms with Gasteiger partial charge in [0.2, 0.25) is 0 Å². The number of hydrogen-bond acceptors (Lipinski definition) is 2. The van der Waals surface area contributed by atoms with Gasteiger partial charge in [-0.2, -0.15) is 0 Å². The van der Waals surface area contributed by atoms with Gasteiger partial charge < -0.3 is 10.1 Å². The fourth-order valence-electron chi connectivity index (χ4n) is 1.70. The number of ether oxygens (including phenoxy) is 1. The van der Waals surface area contributed by atoms with E-state index in [0.717, 1.165) is 6.54 Å². The van der Waals surface area contributed by atoms with Gasteiger partial charge in [-0.1, -0.05) is 24.3 Å². The Labute approximate surface area is 91.6 Å². The van der Waals surface area contributed by atoms with Gasteiger partial charge >= 0.3 is 0 Å². The minimum atomic E-state index is 0.403. The minimum Gasteiger partial charge on any atom is -0.380 e. The van der Waals surface area contributed by atoms with Crippen molar-refractivity contribution in [2.24, 2.45) is 0 Å². The van der Waals surface area contributed by atoms with Gasteiger partial charge in [0, 0.05) is 19.2 Å². The van der Waals surface area contributed by atoms with Gasteiger partial charge in [-0.15, -0.1) is 0 Å². The molecule has 1 N–H and O–H groups in total. The van der Waals surface area contributed by atoms with Crippen molar-refractivity contribution in [1.82, 2.24) is 5.32 Å². The third kappa shape index (κ3) is 2.80. The Morgan fingerprint density at radius 3 is 2.53 bits per heavy atom. The molecule has 0 spiro atoms. The SMILES string of the molecule is COCc1ccccc1CNC1(C)CC1. The first-order chi connectivity index (χ1) is 7.23. The van der Waals surface area contributed by atoms with Gasteiger partial charge in [0.1, 0.15) is 0 Å². The second kappa shape index (κ2) is 4.33. The van der Waals surface area contributed by atoms with E-state index in [-0.39, 0.29) is 0 Å². The maximum Gasteiger partial charge on any atom is 0.0716 e. The summed E-state index contributed by atoms with van der Waals surface area (Å²) in [4.78, 5) is 0. The first-order valence-corrected chi connectivity index (χ1v) is 5.54. The van der Waals surface area contributed by atoms with Crippen molar-refractivity contribution < 1.29 is 4.74 Å². The molecule has 2 rings (SSSR count). The molecule has 1 fully saturated rings. The van der Waals surface area contributed by atoms with Gasteiger partial charge in [0.25, 0.3) is 0 Å². The number of methoxy groups -OCH3 is 1. The van der Waals surface area contributed by atoms with E-state index in [9.17, 15) is 0 Å². The maximum atomic E-state index is 5.19. The smallest absolute Gasteiger partial charge is 0.0716 e. The molecule has 1 saturated carbocycles. The largest absolute Gasteiger partial charge is 0.380 e. The van der Waals surface area contributed by atoms with E-state index in [1.165, 1.54) is 24.0 Å². The topological polar surface area (TPSA) is 21.3 Å². The van der Waals surface area contributed by atoms with Crippen LogP contribution in [0.25, 0.3) is 0 Å². The monoisotopic (exact) mass is 205 g/mol. The normalized spacial score (nSPS) is 17.7. The molecule has 0 aliphatic heterocycles. The molecule has 2 heteroatoms. The lowest BCUT2D eigenvalue weighted by Gasteiger charge is -2.14. The molecule has 15 heavy (non-hydrogen) atoms. The molecule has 82 valence electrons. The summed E-state index contributed by atoms with van der Waals surface area (Å²) >= 11 is 0. The van der Waals surface area contributed by atoms with E-state index in [1.807, 2.05) is 0 Å². The first-order valence-electron chi connectivity index (χ1n) is 5.54. The molecule has 1 aromatic rings. The van der Waals surface area contributed by atoms with E-state index in [1.54, 1.807) is 7.11 Å². The first kappa shape index (κ1) is 10.7. The third-order valence-corrected chi connectivity index (χ3v) is 3.12. The van der Waals surface area contributed by atoms with Crippen molar-refractivity contribution in [3.63, 3.8) is 0 Å². The van der Waals surface area contributed by atoms with Crippen LogP contribution in [0.15, 0.2) is 24.3 Å². The third-order valence-electron chi connectivity index (χ3n) is 3.12. The zero-order valence-corrected chi connectivity index (χ0v) is 9.55. The predicted octanol–water partition coefficient (Wildman–Crippen LogP) is 2.48. The zero-order valence-electron chi connectivity index (χ0n) is 9.55. The molecule has 0 aromatic heterocycles. The van der Waals surface area contributed by atoms with Crippen LogP contribution in [0.2, 0.25) is 0 Å². The summed E-state index contributed by atoms with van der Waals surface area (Å²) in [6.45, 7) is 3.94. The van der Waals surface area contributed by atoms with Crippen molar-refractivity contribution >= 4 is 0 Å². The lowest BCUT2D eigenvalue weighted by atomic mass is 10.1. The Morgan fingerprint density at radius 2 is 1.93 bits per heavy atom. The Hall–Kier alpha value is -0.860. The highest BCUT2D eigenvalue weighted by atomic mass is 16.5. The molecule has 1 aliphatic rings. The molecule has 1 aromatic carbocycles. The summed E-state index contributed by atoms with van der Waals surface area (Å²) in [5.74, 6) is 0. The van der Waals surface area contributed by atoms with Crippen LogP contribution in [0.3, 0.4) is 0 Å². The van der Waals surface area contributed by atoms with Crippen LogP contribution < -0.4 is 5.32 Å². The molecule has 0 unspecified atom stereocenters. The van der Waals surface area contributed by atoms with Crippen molar-refractivity contribution in [3.05, 3.63) is 35.4 Å². The van der Waals surface area contributed by atoms with Crippen molar-refractivity contribution in [2.75, 3.05) is 7.11 Å². The molecule has 0 saturated heterocycles. The molecular formula is C13H19NO. The van der Waals surface area contributed by atoms with Crippen LogP contribution in [0.4, 0.5) is 0 Å². The van der Waals surface area contributed by atoms with Crippen LogP contribution in [0.5, 0.6) is 0 Å². The van der Waals surface area contributed by atoms with Gasteiger partial charge in [-0.25, -0.2) is 0 Å². The molecule has 0 radical (unpaired) electrons. The Kier molecular flexibility index (Phi) is 3.08. The highest BCUT2D eigenvalue weighted by Crippen LogP contribution is 2.34. The Morgan fingerprint density at radius 1 is 1.27 bits per heavy atom. The van der Waals surface area contributed by atoms with E-state index in [2.05, 4.69) is 36.5 Å². The maximum absolute atomic E-state index is 5.19. The summed E-state index contributed by atoms with van der Waals surface area (Å²) in [7, 11) is 1.74. The van der Waals surface area contributed by atoms with Crippen LogP contribution in [0.1, 0.15) is 30.9 Å². The average molecular weight is 205 g/mol. The quantitative estimate of drug-likeness (QED) is 0.797. The molecule has 0 heterocycles. The molecule has 0 bridgehead atoms. The fourth-order valence-corrected chi connectivity index (χ4v) is 1.70. The van der Waals surface area contributed by atoms with E-state index in [0.29, 0.717) is 12.1 Å². The summed E-state index contributed by atoms with van der Waals surface area (Å²) in [5, 5.41) is 3.59. The van der Waals surface area contributed by atoms with Gasteiger partial charge in [0.15, 0.2) is 0 Å². The van der Waals surface area contributed by atoms with E-state index in [4.69, 9.17) is 4.74 Å². The van der Waals surface area contributed by atoms with Crippen LogP contribution >= 0.6 is 0 Å². The Balaban J connectivity index is 1.99. The zero-order chi connectivity index (χ0) is 10.7. The van der Waals surface area contributed by atoms with Crippen LogP contribution in [-0.2, 0) is 17.9 Å². The Bertz CT molecular complexity index is 331. The van der Waals surface area contributed by atoms with Crippen LogP contribution in [0, 0.1) is 0 Å². The summed E-state index contributed by atoms with van der Waals surface area (Å²) in [6.07, 6.45) is 2.61. The van der Waals surface area contributed by atoms with Crippen molar-refractivity contribution in [3.8, 4) is 0 Å². The fraction of sp³-hybridized carbons (Fsp3) is 0.538. The standard InChI is InChI=1S/C13H19NO/c1-13(7-8-13)14-9-11-5-3-4-6-12(11)10-15-2/h3-6,14H,7-10H2,1-2H3. The summed E-state index contributed by atoms with van der Waals surface area (Å²) in [5.41, 5.74) is 3.05. The van der Waals surface area contributed by atoms with Gasteiger partial charge in [-0.05, 0) is 30.9 Å². The second-order valence-corrected chi connectivity index (χ2v) is 4.62. The highest BCUT2D eigenvalue weighted by Gasteiger charge is 2.36.